The zero-order valence-electron chi connectivity index (χ0n) is 17.8. The fourth-order valence-electron chi connectivity index (χ4n) is 3.24. The van der Waals surface area contributed by atoms with Crippen LogP contribution in [0.25, 0.3) is 11.0 Å². The van der Waals surface area contributed by atoms with Crippen molar-refractivity contribution in [2.45, 2.75) is 24.7 Å². The number of anilines is 2. The number of nitrogens with zero attached hydrogens (tertiary/aromatic N) is 3. The number of carbonyl (C=O) groups is 1. The number of nitrogens with one attached hydrogen (secondary N) is 1. The van der Waals surface area contributed by atoms with E-state index in [1.165, 1.54) is 4.90 Å². The molecular formula is C24H24N4O2S. The number of aryl methyl sites for hydroxylation is 1. The van der Waals surface area contributed by atoms with E-state index in [0.29, 0.717) is 30.0 Å². The molecule has 0 amide bonds. The molecule has 0 fully saturated rings. The van der Waals surface area contributed by atoms with Crippen LogP contribution in [0.15, 0.2) is 65.7 Å². The maximum absolute atomic E-state index is 11.7. The van der Waals surface area contributed by atoms with Gasteiger partial charge in [0.05, 0.1) is 16.7 Å². The van der Waals surface area contributed by atoms with E-state index >= 15 is 0 Å². The molecule has 0 aliphatic carbocycles. The lowest BCUT2D eigenvalue weighted by molar-refractivity contribution is -0.118. The van der Waals surface area contributed by atoms with Crippen LogP contribution in [-0.2, 0) is 18.3 Å². The molecule has 31 heavy (non-hydrogen) atoms. The van der Waals surface area contributed by atoms with Crippen molar-refractivity contribution in [2.24, 2.45) is 7.05 Å². The van der Waals surface area contributed by atoms with Crippen molar-refractivity contribution in [2.75, 3.05) is 11.6 Å². The summed E-state index contributed by atoms with van der Waals surface area (Å²) in [5, 5.41) is 3.37. The highest BCUT2D eigenvalue weighted by Gasteiger charge is 2.10. The molecule has 2 aromatic heterocycles. The number of thioether (sulfide) groups is 1. The van der Waals surface area contributed by atoms with Crippen LogP contribution in [0.4, 0.5) is 11.6 Å². The summed E-state index contributed by atoms with van der Waals surface area (Å²) in [6.45, 7) is 1.85. The smallest absolute Gasteiger partial charge is 0.208 e. The molecule has 0 aliphatic heterocycles. The standard InChI is InChI=1S/C24H24N4O2S/c1-4-18(29)13-17-14-20(11-12-25-17)30-19-7-10-23-22(15-19)27-24(28(23)2)26-16-5-8-21(31-3)9-6-16/h5-12,14-15H,4,13H2,1-3H3,(H,26,27). The summed E-state index contributed by atoms with van der Waals surface area (Å²) in [6.07, 6.45) is 4.55. The quantitative estimate of drug-likeness (QED) is 0.358. The molecule has 4 aromatic rings. The highest BCUT2D eigenvalue weighted by Crippen LogP contribution is 2.28. The van der Waals surface area contributed by atoms with Gasteiger partial charge in [0.1, 0.15) is 17.3 Å². The molecule has 7 heteroatoms. The minimum absolute atomic E-state index is 0.155. The van der Waals surface area contributed by atoms with Gasteiger partial charge in [-0.1, -0.05) is 6.92 Å². The number of fused-ring (bicyclic) bond motifs is 1. The predicted molar refractivity (Wildman–Crippen MR) is 126 cm³/mol. The third-order valence-electron chi connectivity index (χ3n) is 4.99. The molecule has 0 bridgehead atoms. The molecule has 1 N–H and O–H groups in total. The molecule has 0 atom stereocenters. The first-order chi connectivity index (χ1) is 15.1. The van der Waals surface area contributed by atoms with Crippen molar-refractivity contribution in [3.8, 4) is 11.5 Å². The molecule has 2 heterocycles. The first kappa shape index (κ1) is 20.9. The number of ether oxygens (including phenoxy) is 1. The summed E-state index contributed by atoms with van der Waals surface area (Å²) in [7, 11) is 1.98. The SMILES string of the molecule is CCC(=O)Cc1cc(Oc2ccc3c(c2)nc(Nc2ccc(SC)cc2)n3C)ccn1. The van der Waals surface area contributed by atoms with Gasteiger partial charge in [-0.05, 0) is 48.7 Å². The molecule has 2 aromatic carbocycles. The largest absolute Gasteiger partial charge is 0.457 e. The van der Waals surface area contributed by atoms with Crippen LogP contribution in [0.2, 0.25) is 0 Å². The minimum Gasteiger partial charge on any atom is -0.457 e. The summed E-state index contributed by atoms with van der Waals surface area (Å²) in [5.74, 6) is 2.24. The van der Waals surface area contributed by atoms with E-state index in [9.17, 15) is 4.79 Å². The van der Waals surface area contributed by atoms with Crippen LogP contribution in [0, 0.1) is 0 Å². The number of imidazole rings is 1. The number of hydrogen-bond donors (Lipinski definition) is 1. The van der Waals surface area contributed by atoms with Crippen LogP contribution < -0.4 is 10.1 Å². The second kappa shape index (κ2) is 9.22. The van der Waals surface area contributed by atoms with Gasteiger partial charge in [-0.3, -0.25) is 9.78 Å². The molecule has 4 rings (SSSR count). The first-order valence-corrected chi connectivity index (χ1v) is 11.3. The van der Waals surface area contributed by atoms with Gasteiger partial charge in [0, 0.05) is 48.8 Å². The normalized spacial score (nSPS) is 10.9. The first-order valence-electron chi connectivity index (χ1n) is 10.1. The summed E-state index contributed by atoms with van der Waals surface area (Å²) < 4.78 is 8.03. The average molecular weight is 433 g/mol. The van der Waals surface area contributed by atoms with Crippen LogP contribution in [0.3, 0.4) is 0 Å². The Morgan fingerprint density at radius 3 is 2.61 bits per heavy atom. The molecular weight excluding hydrogens is 408 g/mol. The van der Waals surface area contributed by atoms with Gasteiger partial charge < -0.3 is 14.6 Å². The van der Waals surface area contributed by atoms with Crippen molar-refractivity contribution >= 4 is 40.2 Å². The molecule has 0 saturated heterocycles. The summed E-state index contributed by atoms with van der Waals surface area (Å²) in [4.78, 5) is 21.9. The van der Waals surface area contributed by atoms with E-state index in [2.05, 4.69) is 28.7 Å². The molecule has 0 radical (unpaired) electrons. The Labute approximate surface area is 185 Å². The number of rotatable bonds is 8. The number of ketones is 1. The van der Waals surface area contributed by atoms with Crippen molar-refractivity contribution in [3.05, 3.63) is 66.5 Å². The van der Waals surface area contributed by atoms with Gasteiger partial charge in [0.15, 0.2) is 0 Å². The molecule has 0 spiro atoms. The van der Waals surface area contributed by atoms with Gasteiger partial charge in [-0.2, -0.15) is 0 Å². The maximum atomic E-state index is 11.7. The van der Waals surface area contributed by atoms with E-state index in [1.807, 2.05) is 48.9 Å². The summed E-state index contributed by atoms with van der Waals surface area (Å²) >= 11 is 1.71. The van der Waals surface area contributed by atoms with Crippen molar-refractivity contribution in [3.63, 3.8) is 0 Å². The number of hydrogen-bond acceptors (Lipinski definition) is 6. The monoisotopic (exact) mass is 432 g/mol. The summed E-state index contributed by atoms with van der Waals surface area (Å²) in [5.41, 5.74) is 3.53. The average Bonchev–Trinajstić information content (AvgIpc) is 3.09. The highest BCUT2D eigenvalue weighted by atomic mass is 32.2. The number of aromatic nitrogens is 3. The van der Waals surface area contributed by atoms with E-state index in [1.54, 1.807) is 30.1 Å². The zero-order chi connectivity index (χ0) is 21.8. The van der Waals surface area contributed by atoms with E-state index < -0.39 is 0 Å². The van der Waals surface area contributed by atoms with Crippen molar-refractivity contribution in [1.82, 2.24) is 14.5 Å². The molecule has 0 unspecified atom stereocenters. The fourth-order valence-corrected chi connectivity index (χ4v) is 3.65. The van der Waals surface area contributed by atoms with Crippen LogP contribution >= 0.6 is 11.8 Å². The number of Topliss-reactive ketones (excluding diaryl/α,β-unsaturated/α-hetero) is 1. The molecule has 6 nitrogen and oxygen atoms in total. The van der Waals surface area contributed by atoms with Gasteiger partial charge in [-0.15, -0.1) is 11.8 Å². The lowest BCUT2D eigenvalue weighted by Gasteiger charge is -2.07. The topological polar surface area (TPSA) is 69.0 Å². The predicted octanol–water partition coefficient (Wildman–Crippen LogP) is 5.75. The molecule has 0 aliphatic rings. The number of benzene rings is 2. The molecule has 0 saturated carbocycles. The van der Waals surface area contributed by atoms with Crippen molar-refractivity contribution in [1.29, 1.82) is 0 Å². The third-order valence-corrected chi connectivity index (χ3v) is 5.74. The van der Waals surface area contributed by atoms with E-state index in [0.717, 1.165) is 22.7 Å². The Morgan fingerprint density at radius 2 is 1.87 bits per heavy atom. The summed E-state index contributed by atoms with van der Waals surface area (Å²) in [6, 6.07) is 17.7. The Kier molecular flexibility index (Phi) is 6.23. The van der Waals surface area contributed by atoms with E-state index in [-0.39, 0.29) is 5.78 Å². The second-order valence-corrected chi connectivity index (χ2v) is 8.03. The Balaban J connectivity index is 1.54. The Morgan fingerprint density at radius 1 is 1.10 bits per heavy atom. The van der Waals surface area contributed by atoms with E-state index in [4.69, 9.17) is 9.72 Å². The second-order valence-electron chi connectivity index (χ2n) is 7.15. The fraction of sp³-hybridized carbons (Fsp3) is 0.208. The van der Waals surface area contributed by atoms with Crippen LogP contribution in [0.5, 0.6) is 11.5 Å². The lowest BCUT2D eigenvalue weighted by Crippen LogP contribution is -2.02. The lowest BCUT2D eigenvalue weighted by atomic mass is 10.1. The maximum Gasteiger partial charge on any atom is 0.208 e. The Hall–Kier alpha value is -3.32. The van der Waals surface area contributed by atoms with Gasteiger partial charge in [0.25, 0.3) is 0 Å². The van der Waals surface area contributed by atoms with Gasteiger partial charge in [-0.25, -0.2) is 4.98 Å². The number of carbonyl (C=O) groups excluding carboxylic acids is 1. The van der Waals surface area contributed by atoms with Crippen LogP contribution in [-0.4, -0.2) is 26.6 Å². The van der Waals surface area contributed by atoms with Gasteiger partial charge >= 0.3 is 0 Å². The zero-order valence-corrected chi connectivity index (χ0v) is 18.6. The number of pyridine rings is 1. The highest BCUT2D eigenvalue weighted by molar-refractivity contribution is 7.98. The Bertz CT molecular complexity index is 1220. The van der Waals surface area contributed by atoms with Gasteiger partial charge in [0.2, 0.25) is 5.95 Å². The third kappa shape index (κ3) is 4.88. The molecule has 158 valence electrons. The van der Waals surface area contributed by atoms with Crippen molar-refractivity contribution < 1.29 is 9.53 Å². The van der Waals surface area contributed by atoms with Crippen LogP contribution in [0.1, 0.15) is 19.0 Å². The minimum atomic E-state index is 0.155.